The fraction of sp³-hybridized carbons (Fsp3) is 0. The number of carboxylic acid groups (broad SMARTS) is 1. The van der Waals surface area contributed by atoms with Crippen molar-refractivity contribution in [1.29, 1.82) is 0 Å². The van der Waals surface area contributed by atoms with Crippen LogP contribution in [0.5, 0.6) is 0 Å². The van der Waals surface area contributed by atoms with Crippen molar-refractivity contribution in [3.8, 4) is 0 Å². The number of hydrogen-bond acceptors (Lipinski definition) is 2. The van der Waals surface area contributed by atoms with Crippen molar-refractivity contribution in [3.05, 3.63) is 40.7 Å². The Morgan fingerprint density at radius 2 is 2.07 bits per heavy atom. The summed E-state index contributed by atoms with van der Waals surface area (Å²) in [6, 6.07) is 3.87. The van der Waals surface area contributed by atoms with E-state index in [0.29, 0.717) is 0 Å². The molecule has 15 heavy (non-hydrogen) atoms. The smallest absolute Gasteiger partial charge is 0.376 e. The quantitative estimate of drug-likeness (QED) is 0.637. The van der Waals surface area contributed by atoms with Gasteiger partial charge >= 0.3 is 5.97 Å². The summed E-state index contributed by atoms with van der Waals surface area (Å²) in [4.78, 5) is 20.8. The van der Waals surface area contributed by atoms with E-state index in [1.807, 2.05) is 0 Å². The molecule has 0 radical (unpaired) electrons. The monoisotopic (exact) mass is 228 g/mol. The summed E-state index contributed by atoms with van der Waals surface area (Å²) < 4.78 is 13.1. The van der Waals surface area contributed by atoms with E-state index in [1.165, 1.54) is 12.1 Å². The van der Waals surface area contributed by atoms with Crippen molar-refractivity contribution < 1.29 is 19.1 Å². The summed E-state index contributed by atoms with van der Waals surface area (Å²) >= 11 is 5.50. The maximum atomic E-state index is 13.1. The van der Waals surface area contributed by atoms with Gasteiger partial charge in [-0.05, 0) is 24.3 Å². The van der Waals surface area contributed by atoms with Gasteiger partial charge in [0.15, 0.2) is 0 Å². The Bertz CT molecular complexity index is 440. The molecule has 1 aromatic rings. The Balaban J connectivity index is 2.90. The van der Waals surface area contributed by atoms with Gasteiger partial charge in [0.2, 0.25) is 0 Å². The Labute approximate surface area is 89.8 Å². The van der Waals surface area contributed by atoms with E-state index in [0.717, 1.165) is 18.2 Å². The van der Waals surface area contributed by atoms with Crippen LogP contribution in [0.1, 0.15) is 5.56 Å². The van der Waals surface area contributed by atoms with E-state index in [2.05, 4.69) is 0 Å². The van der Waals surface area contributed by atoms with Gasteiger partial charge < -0.3 is 5.11 Å². The molecule has 78 valence electrons. The zero-order valence-corrected chi connectivity index (χ0v) is 8.16. The molecule has 5 heteroatoms. The molecule has 0 amide bonds. The molecule has 0 fully saturated rings. The van der Waals surface area contributed by atoms with Gasteiger partial charge in [0.05, 0.1) is 0 Å². The molecular weight excluding hydrogens is 223 g/mol. The number of halogens is 2. The first-order chi connectivity index (χ1) is 7.00. The molecule has 1 aromatic carbocycles. The molecule has 3 nitrogen and oxygen atoms in total. The van der Waals surface area contributed by atoms with Crippen LogP contribution >= 0.6 is 11.6 Å². The molecule has 0 unspecified atom stereocenters. The highest BCUT2D eigenvalue weighted by molar-refractivity contribution is 6.38. The van der Waals surface area contributed by atoms with Gasteiger partial charge in [-0.2, -0.15) is 0 Å². The molecule has 0 saturated carbocycles. The minimum Gasteiger partial charge on any atom is -0.475 e. The fourth-order valence-electron chi connectivity index (χ4n) is 0.873. The number of hydrogen-bond donors (Lipinski definition) is 1. The molecule has 0 aliphatic rings. The van der Waals surface area contributed by atoms with E-state index in [-0.39, 0.29) is 10.6 Å². The van der Waals surface area contributed by atoms with Crippen molar-refractivity contribution >= 4 is 29.4 Å². The fourth-order valence-corrected chi connectivity index (χ4v) is 1.03. The lowest BCUT2D eigenvalue weighted by atomic mass is 10.2. The van der Waals surface area contributed by atoms with Gasteiger partial charge in [-0.1, -0.05) is 17.7 Å². The number of rotatable bonds is 3. The maximum Gasteiger partial charge on any atom is 0.376 e. The van der Waals surface area contributed by atoms with Crippen LogP contribution in [0.2, 0.25) is 5.02 Å². The minimum absolute atomic E-state index is 0.106. The molecule has 0 aliphatic heterocycles. The SMILES string of the molecule is O=C(O)C(=O)/C=C/c1ccc(Cl)cc1F. The summed E-state index contributed by atoms with van der Waals surface area (Å²) in [5, 5.41) is 8.49. The molecule has 0 atom stereocenters. The first-order valence-electron chi connectivity index (χ1n) is 3.91. The third kappa shape index (κ3) is 3.18. The first-order valence-corrected chi connectivity index (χ1v) is 4.29. The number of carboxylic acids is 1. The number of benzene rings is 1. The molecule has 0 bridgehead atoms. The lowest BCUT2D eigenvalue weighted by Crippen LogP contribution is -2.08. The van der Waals surface area contributed by atoms with Crippen LogP contribution in [0.3, 0.4) is 0 Å². The lowest BCUT2D eigenvalue weighted by molar-refractivity contribution is -0.146. The second kappa shape index (κ2) is 4.70. The second-order valence-corrected chi connectivity index (χ2v) is 3.11. The topological polar surface area (TPSA) is 54.4 Å². The summed E-state index contributed by atoms with van der Waals surface area (Å²) in [5.74, 6) is -3.30. The summed E-state index contributed by atoms with van der Waals surface area (Å²) in [6.45, 7) is 0. The zero-order valence-electron chi connectivity index (χ0n) is 7.41. The van der Waals surface area contributed by atoms with Gasteiger partial charge in [0.25, 0.3) is 5.78 Å². The molecule has 1 N–H and O–H groups in total. The van der Waals surface area contributed by atoms with Crippen LogP contribution in [-0.2, 0) is 9.59 Å². The molecular formula is C10H6ClFO3. The average molecular weight is 229 g/mol. The van der Waals surface area contributed by atoms with Crippen LogP contribution in [0.4, 0.5) is 4.39 Å². The second-order valence-electron chi connectivity index (χ2n) is 2.67. The van der Waals surface area contributed by atoms with Crippen molar-refractivity contribution in [3.63, 3.8) is 0 Å². The van der Waals surface area contributed by atoms with Gasteiger partial charge in [-0.25, -0.2) is 9.18 Å². The normalized spacial score (nSPS) is 10.5. The molecule has 0 spiro atoms. The molecule has 0 saturated heterocycles. The summed E-state index contributed by atoms with van der Waals surface area (Å²) in [5.41, 5.74) is 0.106. The van der Waals surface area contributed by atoms with Crippen molar-refractivity contribution in [1.82, 2.24) is 0 Å². The van der Waals surface area contributed by atoms with E-state index in [4.69, 9.17) is 16.7 Å². The number of carbonyl (C=O) groups excluding carboxylic acids is 1. The van der Waals surface area contributed by atoms with E-state index in [9.17, 15) is 14.0 Å². The largest absolute Gasteiger partial charge is 0.475 e. The predicted octanol–water partition coefficient (Wildman–Crippen LogP) is 2.15. The van der Waals surface area contributed by atoms with E-state index >= 15 is 0 Å². The van der Waals surface area contributed by atoms with Gasteiger partial charge in [0.1, 0.15) is 5.82 Å². The van der Waals surface area contributed by atoms with Crippen LogP contribution in [0.15, 0.2) is 24.3 Å². The van der Waals surface area contributed by atoms with Crippen molar-refractivity contribution in [2.75, 3.05) is 0 Å². The van der Waals surface area contributed by atoms with Crippen LogP contribution in [0, 0.1) is 5.82 Å². The maximum absolute atomic E-state index is 13.1. The van der Waals surface area contributed by atoms with E-state index in [1.54, 1.807) is 0 Å². The highest BCUT2D eigenvalue weighted by Gasteiger charge is 2.06. The van der Waals surface area contributed by atoms with Crippen molar-refractivity contribution in [2.45, 2.75) is 0 Å². The first kappa shape index (κ1) is 11.4. The van der Waals surface area contributed by atoms with Crippen LogP contribution in [-0.4, -0.2) is 16.9 Å². The number of ketones is 1. The predicted molar refractivity (Wildman–Crippen MR) is 53.1 cm³/mol. The van der Waals surface area contributed by atoms with Crippen LogP contribution in [0.25, 0.3) is 6.08 Å². The summed E-state index contributed by atoms with van der Waals surface area (Å²) in [7, 11) is 0. The van der Waals surface area contributed by atoms with Crippen molar-refractivity contribution in [2.24, 2.45) is 0 Å². The average Bonchev–Trinajstić information content (AvgIpc) is 2.15. The Kier molecular flexibility index (Phi) is 3.57. The third-order valence-corrected chi connectivity index (χ3v) is 1.82. The Hall–Kier alpha value is -1.68. The van der Waals surface area contributed by atoms with Gasteiger partial charge in [-0.3, -0.25) is 4.79 Å². The van der Waals surface area contributed by atoms with Gasteiger partial charge in [0, 0.05) is 10.6 Å². The molecule has 0 heterocycles. The number of carbonyl (C=O) groups is 2. The van der Waals surface area contributed by atoms with Crippen LogP contribution < -0.4 is 0 Å². The zero-order chi connectivity index (χ0) is 11.4. The highest BCUT2D eigenvalue weighted by atomic mass is 35.5. The minimum atomic E-state index is -1.58. The standard InChI is InChI=1S/C10H6ClFO3/c11-7-3-1-6(8(12)5-7)2-4-9(13)10(14)15/h1-5H,(H,14,15)/b4-2+. The highest BCUT2D eigenvalue weighted by Crippen LogP contribution is 2.15. The Morgan fingerprint density at radius 3 is 2.60 bits per heavy atom. The number of aliphatic carboxylic acids is 1. The van der Waals surface area contributed by atoms with Gasteiger partial charge in [-0.15, -0.1) is 0 Å². The molecule has 0 aliphatic carbocycles. The third-order valence-electron chi connectivity index (χ3n) is 1.59. The summed E-state index contributed by atoms with van der Waals surface area (Å²) in [6.07, 6.45) is 1.87. The van der Waals surface area contributed by atoms with E-state index < -0.39 is 17.6 Å². The molecule has 1 rings (SSSR count). The lowest BCUT2D eigenvalue weighted by Gasteiger charge is -1.96. The Morgan fingerprint density at radius 1 is 1.40 bits per heavy atom. The molecule has 0 aromatic heterocycles.